The number of ether oxygens (including phenoxy) is 1. The lowest BCUT2D eigenvalue weighted by Crippen LogP contribution is -2.34. The van der Waals surface area contributed by atoms with Crippen LogP contribution in [0.1, 0.15) is 31.7 Å². The quantitative estimate of drug-likeness (QED) is 0.841. The van der Waals surface area contributed by atoms with Crippen LogP contribution in [0, 0.1) is 0 Å². The number of hydrogen-bond acceptors (Lipinski definition) is 4. The number of carbonyl (C=O) groups excluding carboxylic acids is 2. The topological polar surface area (TPSA) is 75.6 Å². The Morgan fingerprint density at radius 1 is 1.52 bits per heavy atom. The molecule has 21 heavy (non-hydrogen) atoms. The molecular formula is C15H16ClNO4. The van der Waals surface area contributed by atoms with E-state index in [1.165, 1.54) is 0 Å². The monoisotopic (exact) mass is 309 g/mol. The summed E-state index contributed by atoms with van der Waals surface area (Å²) < 4.78 is 5.05. The summed E-state index contributed by atoms with van der Waals surface area (Å²) in [7, 11) is 0. The Kier molecular flexibility index (Phi) is 4.53. The van der Waals surface area contributed by atoms with Crippen molar-refractivity contribution in [3.05, 3.63) is 40.1 Å². The second-order valence-electron chi connectivity index (χ2n) is 4.74. The number of nitrogens with one attached hydrogen (secondary N) is 1. The molecule has 5 nitrogen and oxygen atoms in total. The summed E-state index contributed by atoms with van der Waals surface area (Å²) in [4.78, 5) is 23.9. The fourth-order valence-electron chi connectivity index (χ4n) is 2.46. The molecule has 0 spiro atoms. The maximum absolute atomic E-state index is 12.1. The van der Waals surface area contributed by atoms with E-state index in [2.05, 4.69) is 5.32 Å². The molecule has 1 aliphatic rings. The number of benzene rings is 1. The second-order valence-corrected chi connectivity index (χ2v) is 5.15. The molecule has 1 aromatic carbocycles. The molecule has 0 saturated heterocycles. The van der Waals surface area contributed by atoms with Gasteiger partial charge >= 0.3 is 5.97 Å². The summed E-state index contributed by atoms with van der Waals surface area (Å²) in [6.45, 7) is 3.58. The van der Waals surface area contributed by atoms with Crippen LogP contribution < -0.4 is 5.32 Å². The molecule has 1 aliphatic heterocycles. The summed E-state index contributed by atoms with van der Waals surface area (Å²) in [5.74, 6) is -1.41. The third kappa shape index (κ3) is 3.03. The van der Waals surface area contributed by atoms with E-state index in [-0.39, 0.29) is 29.7 Å². The van der Waals surface area contributed by atoms with Crippen LogP contribution in [0.15, 0.2) is 29.5 Å². The van der Waals surface area contributed by atoms with Gasteiger partial charge in [-0.1, -0.05) is 23.7 Å². The van der Waals surface area contributed by atoms with Gasteiger partial charge in [-0.05, 0) is 19.9 Å². The van der Waals surface area contributed by atoms with E-state index in [1.54, 1.807) is 32.0 Å². The largest absolute Gasteiger partial charge is 0.506 e. The van der Waals surface area contributed by atoms with E-state index in [0.29, 0.717) is 16.8 Å². The molecule has 0 radical (unpaired) electrons. The molecule has 0 saturated carbocycles. The Bertz CT molecular complexity index is 624. The van der Waals surface area contributed by atoms with Crippen molar-refractivity contribution in [2.24, 2.45) is 0 Å². The van der Waals surface area contributed by atoms with Crippen molar-refractivity contribution in [3.8, 4) is 5.75 Å². The van der Waals surface area contributed by atoms with Gasteiger partial charge in [0, 0.05) is 23.6 Å². The average Bonchev–Trinajstić information content (AvgIpc) is 2.41. The standard InChI is InChI=1S/C15H16ClNO4/c1-3-21-15(20)13-8(2)17-12(18)7-10(13)9-5-4-6-11(16)14(9)19/h4-6,10,19H,3,7H2,1-2H3,(H,17,18). The predicted octanol–water partition coefficient (Wildman–Crippen LogP) is 2.49. The number of aromatic hydroxyl groups is 1. The third-order valence-electron chi connectivity index (χ3n) is 3.36. The molecule has 0 aliphatic carbocycles. The van der Waals surface area contributed by atoms with Crippen LogP contribution in [-0.2, 0) is 14.3 Å². The molecule has 2 rings (SSSR count). The maximum Gasteiger partial charge on any atom is 0.336 e. The molecule has 1 heterocycles. The minimum absolute atomic E-state index is 0.0550. The van der Waals surface area contributed by atoms with Crippen molar-refractivity contribution in [2.75, 3.05) is 6.61 Å². The summed E-state index contributed by atoms with van der Waals surface area (Å²) in [5.41, 5.74) is 1.22. The van der Waals surface area contributed by atoms with Gasteiger partial charge in [-0.2, -0.15) is 0 Å². The van der Waals surface area contributed by atoms with Crippen LogP contribution in [0.2, 0.25) is 5.02 Å². The first-order valence-corrected chi connectivity index (χ1v) is 6.98. The van der Waals surface area contributed by atoms with Gasteiger partial charge in [-0.25, -0.2) is 4.79 Å². The smallest absolute Gasteiger partial charge is 0.336 e. The molecule has 2 N–H and O–H groups in total. The zero-order valence-corrected chi connectivity index (χ0v) is 12.5. The number of phenols is 1. The fraction of sp³-hybridized carbons (Fsp3) is 0.333. The van der Waals surface area contributed by atoms with Crippen LogP contribution in [0.25, 0.3) is 0 Å². The van der Waals surface area contributed by atoms with Gasteiger partial charge in [0.25, 0.3) is 0 Å². The molecular weight excluding hydrogens is 294 g/mol. The zero-order valence-electron chi connectivity index (χ0n) is 11.8. The Hall–Kier alpha value is -2.01. The van der Waals surface area contributed by atoms with Crippen LogP contribution in [0.4, 0.5) is 0 Å². The summed E-state index contributed by atoms with van der Waals surface area (Å²) in [6.07, 6.45) is 0.0550. The van der Waals surface area contributed by atoms with E-state index >= 15 is 0 Å². The van der Waals surface area contributed by atoms with Crippen molar-refractivity contribution >= 4 is 23.5 Å². The SMILES string of the molecule is CCOC(=O)C1=C(C)NC(=O)CC1c1cccc(Cl)c1O. The van der Waals surface area contributed by atoms with E-state index in [0.717, 1.165) is 0 Å². The van der Waals surface area contributed by atoms with Crippen molar-refractivity contribution in [1.29, 1.82) is 0 Å². The molecule has 0 bridgehead atoms. The first-order chi connectivity index (χ1) is 9.95. The lowest BCUT2D eigenvalue weighted by Gasteiger charge is -2.27. The van der Waals surface area contributed by atoms with Gasteiger partial charge in [0.2, 0.25) is 5.91 Å². The average molecular weight is 310 g/mol. The summed E-state index contributed by atoms with van der Waals surface area (Å²) in [5, 5.41) is 12.9. The highest BCUT2D eigenvalue weighted by Gasteiger charge is 2.34. The molecule has 1 unspecified atom stereocenters. The highest BCUT2D eigenvalue weighted by Crippen LogP contribution is 2.40. The van der Waals surface area contributed by atoms with Crippen LogP contribution in [-0.4, -0.2) is 23.6 Å². The van der Waals surface area contributed by atoms with Crippen molar-refractivity contribution in [2.45, 2.75) is 26.2 Å². The van der Waals surface area contributed by atoms with Crippen LogP contribution in [0.5, 0.6) is 5.75 Å². The second kappa shape index (κ2) is 6.18. The van der Waals surface area contributed by atoms with Crippen molar-refractivity contribution in [1.82, 2.24) is 5.32 Å². The lowest BCUT2D eigenvalue weighted by molar-refractivity contribution is -0.139. The van der Waals surface area contributed by atoms with Gasteiger partial charge in [0.05, 0.1) is 17.2 Å². The predicted molar refractivity (Wildman–Crippen MR) is 78.0 cm³/mol. The molecule has 1 aromatic rings. The van der Waals surface area contributed by atoms with E-state index in [4.69, 9.17) is 16.3 Å². The third-order valence-corrected chi connectivity index (χ3v) is 3.66. The highest BCUT2D eigenvalue weighted by atomic mass is 35.5. The minimum Gasteiger partial charge on any atom is -0.506 e. The minimum atomic E-state index is -0.573. The molecule has 1 amide bonds. The number of esters is 1. The Balaban J connectivity index is 2.52. The Morgan fingerprint density at radius 2 is 2.24 bits per heavy atom. The van der Waals surface area contributed by atoms with Crippen LogP contribution >= 0.6 is 11.6 Å². The molecule has 0 aromatic heterocycles. The number of para-hydroxylation sites is 1. The number of amides is 1. The number of halogens is 1. The van der Waals surface area contributed by atoms with E-state index in [1.807, 2.05) is 0 Å². The van der Waals surface area contributed by atoms with Gasteiger partial charge < -0.3 is 15.2 Å². The zero-order chi connectivity index (χ0) is 15.6. The maximum atomic E-state index is 12.1. The lowest BCUT2D eigenvalue weighted by atomic mass is 9.84. The van der Waals surface area contributed by atoms with Gasteiger partial charge in [-0.3, -0.25) is 4.79 Å². The van der Waals surface area contributed by atoms with Gasteiger partial charge in [0.15, 0.2) is 0 Å². The Labute approximate surface area is 127 Å². The molecule has 1 atom stereocenters. The number of carbonyl (C=O) groups is 2. The normalized spacial score (nSPS) is 18.4. The summed E-state index contributed by atoms with van der Waals surface area (Å²) in [6, 6.07) is 4.86. The van der Waals surface area contributed by atoms with Crippen molar-refractivity contribution < 1.29 is 19.4 Å². The molecule has 0 fully saturated rings. The molecule has 112 valence electrons. The first kappa shape index (κ1) is 15.4. The van der Waals surface area contributed by atoms with E-state index in [9.17, 15) is 14.7 Å². The molecule has 6 heteroatoms. The Morgan fingerprint density at radius 3 is 2.90 bits per heavy atom. The number of rotatable bonds is 3. The number of allylic oxidation sites excluding steroid dienone is 1. The van der Waals surface area contributed by atoms with Gasteiger partial charge in [0.1, 0.15) is 5.75 Å². The summed E-state index contributed by atoms with van der Waals surface area (Å²) >= 11 is 5.91. The number of phenolic OH excluding ortho intramolecular Hbond substituents is 1. The number of hydrogen-bond donors (Lipinski definition) is 2. The first-order valence-electron chi connectivity index (χ1n) is 6.60. The van der Waals surface area contributed by atoms with Gasteiger partial charge in [-0.15, -0.1) is 0 Å². The van der Waals surface area contributed by atoms with Crippen LogP contribution in [0.3, 0.4) is 0 Å². The highest BCUT2D eigenvalue weighted by molar-refractivity contribution is 6.32. The fourth-order valence-corrected chi connectivity index (χ4v) is 2.64. The van der Waals surface area contributed by atoms with E-state index < -0.39 is 11.9 Å². The van der Waals surface area contributed by atoms with Crippen molar-refractivity contribution in [3.63, 3.8) is 0 Å².